The largest absolute Gasteiger partial charge is 0.352 e. The fourth-order valence-corrected chi connectivity index (χ4v) is 2.86. The van der Waals surface area contributed by atoms with E-state index in [1.807, 2.05) is 6.92 Å². The van der Waals surface area contributed by atoms with E-state index in [0.717, 1.165) is 6.26 Å². The van der Waals surface area contributed by atoms with Gasteiger partial charge in [0.15, 0.2) is 0 Å². The van der Waals surface area contributed by atoms with Gasteiger partial charge in [0, 0.05) is 23.4 Å². The predicted octanol–water partition coefficient (Wildman–Crippen LogP) is 2.37. The Morgan fingerprint density at radius 1 is 0.962 bits per heavy atom. The maximum absolute atomic E-state index is 12.4. The molecule has 3 N–H and O–H groups in total. The maximum Gasteiger partial charge on any atom is 0.255 e. The number of sulfonamides is 1. The third-order valence-electron chi connectivity index (χ3n) is 3.54. The Kier molecular flexibility index (Phi) is 5.99. The van der Waals surface area contributed by atoms with Crippen molar-refractivity contribution < 1.29 is 18.0 Å². The van der Waals surface area contributed by atoms with Gasteiger partial charge in [0.05, 0.1) is 11.9 Å². The Morgan fingerprint density at radius 2 is 1.58 bits per heavy atom. The first-order valence-electron chi connectivity index (χ1n) is 7.97. The lowest BCUT2D eigenvalue weighted by molar-refractivity contribution is 0.0955. The van der Waals surface area contributed by atoms with Gasteiger partial charge in [0.25, 0.3) is 11.8 Å². The van der Waals surface area contributed by atoms with Crippen LogP contribution in [-0.4, -0.2) is 33.0 Å². The first-order valence-corrected chi connectivity index (χ1v) is 9.87. The van der Waals surface area contributed by atoms with Crippen LogP contribution in [0.5, 0.6) is 0 Å². The van der Waals surface area contributed by atoms with E-state index in [4.69, 9.17) is 0 Å². The standard InChI is InChI=1S/C18H21N3O4S/c1-4-19-17(22)13-7-9-15(10-8-13)20-18(23)14-6-5-12(2)16(11-14)21-26(3,24)25/h5-11,21H,4H2,1-3H3,(H,19,22)(H,20,23). The van der Waals surface area contributed by atoms with Crippen LogP contribution >= 0.6 is 0 Å². The lowest BCUT2D eigenvalue weighted by Gasteiger charge is -2.11. The number of hydrogen-bond donors (Lipinski definition) is 3. The number of rotatable bonds is 6. The number of nitrogens with one attached hydrogen (secondary N) is 3. The van der Waals surface area contributed by atoms with Crippen molar-refractivity contribution in [1.82, 2.24) is 5.32 Å². The molecule has 2 amide bonds. The van der Waals surface area contributed by atoms with Crippen LogP contribution in [0.15, 0.2) is 42.5 Å². The van der Waals surface area contributed by atoms with Crippen LogP contribution in [0, 0.1) is 6.92 Å². The van der Waals surface area contributed by atoms with Gasteiger partial charge in [-0.1, -0.05) is 6.07 Å². The molecule has 0 saturated carbocycles. The summed E-state index contributed by atoms with van der Waals surface area (Å²) in [5.74, 6) is -0.562. The van der Waals surface area contributed by atoms with Gasteiger partial charge in [0.2, 0.25) is 10.0 Å². The average molecular weight is 375 g/mol. The Labute approximate surface area is 152 Å². The third kappa shape index (κ3) is 5.32. The molecule has 0 spiro atoms. The smallest absolute Gasteiger partial charge is 0.255 e. The van der Waals surface area contributed by atoms with E-state index in [9.17, 15) is 18.0 Å². The molecule has 0 aliphatic carbocycles. The molecule has 2 aromatic carbocycles. The normalized spacial score (nSPS) is 10.9. The van der Waals surface area contributed by atoms with E-state index in [1.165, 1.54) is 6.07 Å². The SMILES string of the molecule is CCNC(=O)c1ccc(NC(=O)c2ccc(C)c(NS(C)(=O)=O)c2)cc1. The monoisotopic (exact) mass is 375 g/mol. The maximum atomic E-state index is 12.4. The van der Waals surface area contributed by atoms with E-state index in [2.05, 4.69) is 15.4 Å². The van der Waals surface area contributed by atoms with E-state index in [0.29, 0.717) is 34.6 Å². The molecule has 0 fully saturated rings. The molecule has 2 rings (SSSR count). The summed E-state index contributed by atoms with van der Waals surface area (Å²) >= 11 is 0. The van der Waals surface area contributed by atoms with Crippen molar-refractivity contribution >= 4 is 33.2 Å². The second-order valence-electron chi connectivity index (χ2n) is 5.79. The lowest BCUT2D eigenvalue weighted by atomic mass is 10.1. The second kappa shape index (κ2) is 8.01. The topological polar surface area (TPSA) is 104 Å². The molecule has 2 aromatic rings. The zero-order valence-corrected chi connectivity index (χ0v) is 15.6. The summed E-state index contributed by atoms with van der Waals surface area (Å²) in [7, 11) is -3.44. The van der Waals surface area contributed by atoms with Crippen molar-refractivity contribution in [3.63, 3.8) is 0 Å². The number of amides is 2. The van der Waals surface area contributed by atoms with Gasteiger partial charge in [0.1, 0.15) is 0 Å². The molecule has 8 heteroatoms. The number of anilines is 2. The van der Waals surface area contributed by atoms with Crippen molar-refractivity contribution in [2.24, 2.45) is 0 Å². The minimum Gasteiger partial charge on any atom is -0.352 e. The van der Waals surface area contributed by atoms with E-state index in [-0.39, 0.29) is 11.8 Å². The van der Waals surface area contributed by atoms with Crippen molar-refractivity contribution in [1.29, 1.82) is 0 Å². The van der Waals surface area contributed by atoms with Crippen molar-refractivity contribution in [3.05, 3.63) is 59.2 Å². The molecular weight excluding hydrogens is 354 g/mol. The lowest BCUT2D eigenvalue weighted by Crippen LogP contribution is -2.22. The highest BCUT2D eigenvalue weighted by molar-refractivity contribution is 7.92. The van der Waals surface area contributed by atoms with E-state index < -0.39 is 10.0 Å². The molecule has 0 atom stereocenters. The summed E-state index contributed by atoms with van der Waals surface area (Å²) in [6.07, 6.45) is 1.05. The Balaban J connectivity index is 2.15. The second-order valence-corrected chi connectivity index (χ2v) is 7.54. The van der Waals surface area contributed by atoms with Crippen LogP contribution < -0.4 is 15.4 Å². The highest BCUT2D eigenvalue weighted by atomic mass is 32.2. The van der Waals surface area contributed by atoms with Gasteiger partial charge >= 0.3 is 0 Å². The molecule has 0 aliphatic rings. The first kappa shape index (κ1) is 19.5. The Bertz CT molecular complexity index is 922. The quantitative estimate of drug-likeness (QED) is 0.721. The fourth-order valence-electron chi connectivity index (χ4n) is 2.24. The Morgan fingerprint density at radius 3 is 2.15 bits per heavy atom. The average Bonchev–Trinajstić information content (AvgIpc) is 2.56. The zero-order valence-electron chi connectivity index (χ0n) is 14.8. The minimum absolute atomic E-state index is 0.180. The number of aryl methyl sites for hydroxylation is 1. The predicted molar refractivity (Wildman–Crippen MR) is 102 cm³/mol. The van der Waals surface area contributed by atoms with Gasteiger partial charge in [-0.15, -0.1) is 0 Å². The summed E-state index contributed by atoms with van der Waals surface area (Å²) in [5.41, 5.74) is 2.40. The van der Waals surface area contributed by atoms with E-state index >= 15 is 0 Å². The van der Waals surface area contributed by atoms with Crippen LogP contribution in [0.3, 0.4) is 0 Å². The van der Waals surface area contributed by atoms with Crippen LogP contribution in [0.2, 0.25) is 0 Å². The molecule has 7 nitrogen and oxygen atoms in total. The number of hydrogen-bond acceptors (Lipinski definition) is 4. The Hall–Kier alpha value is -2.87. The number of carbonyl (C=O) groups is 2. The molecule has 0 bridgehead atoms. The fraction of sp³-hybridized carbons (Fsp3) is 0.222. The van der Waals surface area contributed by atoms with E-state index in [1.54, 1.807) is 43.3 Å². The van der Waals surface area contributed by atoms with Gasteiger partial charge in [-0.05, 0) is 55.8 Å². The minimum atomic E-state index is -3.44. The molecule has 0 unspecified atom stereocenters. The molecule has 26 heavy (non-hydrogen) atoms. The van der Waals surface area contributed by atoms with Crippen molar-refractivity contribution in [2.45, 2.75) is 13.8 Å². The number of benzene rings is 2. The summed E-state index contributed by atoms with van der Waals surface area (Å²) in [4.78, 5) is 24.1. The van der Waals surface area contributed by atoms with Crippen molar-refractivity contribution in [2.75, 3.05) is 22.8 Å². The van der Waals surface area contributed by atoms with Gasteiger partial charge in [-0.2, -0.15) is 0 Å². The number of carbonyl (C=O) groups excluding carboxylic acids is 2. The van der Waals surface area contributed by atoms with Crippen LogP contribution in [0.1, 0.15) is 33.2 Å². The van der Waals surface area contributed by atoms with Gasteiger partial charge < -0.3 is 10.6 Å². The highest BCUT2D eigenvalue weighted by Gasteiger charge is 2.11. The summed E-state index contributed by atoms with van der Waals surface area (Å²) < 4.78 is 25.2. The molecule has 0 heterocycles. The van der Waals surface area contributed by atoms with Crippen LogP contribution in [0.4, 0.5) is 11.4 Å². The molecule has 0 radical (unpaired) electrons. The first-order chi connectivity index (χ1) is 12.2. The molecule has 0 aromatic heterocycles. The van der Waals surface area contributed by atoms with Gasteiger partial charge in [-0.3, -0.25) is 14.3 Å². The van der Waals surface area contributed by atoms with Crippen LogP contribution in [0.25, 0.3) is 0 Å². The molecular formula is C18H21N3O4S. The summed E-state index contributed by atoms with van der Waals surface area (Å²) in [6, 6.07) is 11.3. The van der Waals surface area contributed by atoms with Crippen LogP contribution in [-0.2, 0) is 10.0 Å². The summed E-state index contributed by atoms with van der Waals surface area (Å²) in [6.45, 7) is 4.12. The van der Waals surface area contributed by atoms with Gasteiger partial charge in [-0.25, -0.2) is 8.42 Å². The zero-order chi connectivity index (χ0) is 19.3. The molecule has 0 saturated heterocycles. The summed E-state index contributed by atoms with van der Waals surface area (Å²) in [5, 5.41) is 5.41. The highest BCUT2D eigenvalue weighted by Crippen LogP contribution is 2.19. The molecule has 138 valence electrons. The third-order valence-corrected chi connectivity index (χ3v) is 4.13. The van der Waals surface area contributed by atoms with Crippen molar-refractivity contribution in [3.8, 4) is 0 Å². The molecule has 0 aliphatic heterocycles.